The fourth-order valence-corrected chi connectivity index (χ4v) is 5.03. The van der Waals surface area contributed by atoms with Gasteiger partial charge in [0.25, 0.3) is 0 Å². The van der Waals surface area contributed by atoms with Crippen molar-refractivity contribution in [1.82, 2.24) is 0 Å². The first-order valence-corrected chi connectivity index (χ1v) is 9.20. The fraction of sp³-hybridized carbons (Fsp3) is 0.120. The lowest BCUT2D eigenvalue weighted by Gasteiger charge is -2.24. The van der Waals surface area contributed by atoms with Crippen LogP contribution in [0.25, 0.3) is 10.8 Å². The van der Waals surface area contributed by atoms with Gasteiger partial charge in [-0.25, -0.2) is 0 Å². The Hall–Kier alpha value is -3.06. The Morgan fingerprint density at radius 2 is 1.38 bits per heavy atom. The molecule has 26 heavy (non-hydrogen) atoms. The highest BCUT2D eigenvalue weighted by Crippen LogP contribution is 2.70. The Kier molecular flexibility index (Phi) is 2.71. The van der Waals surface area contributed by atoms with E-state index in [4.69, 9.17) is 4.74 Å². The van der Waals surface area contributed by atoms with Crippen molar-refractivity contribution >= 4 is 10.8 Å². The van der Waals surface area contributed by atoms with Gasteiger partial charge in [0, 0.05) is 11.5 Å². The summed E-state index contributed by atoms with van der Waals surface area (Å²) in [6.07, 6.45) is 0.174. The van der Waals surface area contributed by atoms with Crippen molar-refractivity contribution in [1.29, 1.82) is 0 Å². The largest absolute Gasteiger partial charge is 0.488 e. The summed E-state index contributed by atoms with van der Waals surface area (Å²) in [5.74, 6) is 1.43. The molecule has 0 saturated heterocycles. The minimum atomic E-state index is -0.101. The summed E-state index contributed by atoms with van der Waals surface area (Å²) in [6.45, 7) is 0. The van der Waals surface area contributed by atoms with E-state index in [1.54, 1.807) is 0 Å². The van der Waals surface area contributed by atoms with Gasteiger partial charge in [-0.3, -0.25) is 0 Å². The first kappa shape index (κ1) is 14.1. The summed E-state index contributed by atoms with van der Waals surface area (Å²) >= 11 is 0. The minimum absolute atomic E-state index is 0.101. The van der Waals surface area contributed by atoms with E-state index in [1.807, 2.05) is 0 Å². The summed E-state index contributed by atoms with van der Waals surface area (Å²) in [5, 5.41) is 2.62. The molecule has 0 radical (unpaired) electrons. The Labute approximate surface area is 152 Å². The quantitative estimate of drug-likeness (QED) is 0.458. The van der Waals surface area contributed by atoms with Crippen molar-refractivity contribution in [3.63, 3.8) is 0 Å². The molecule has 124 valence electrons. The van der Waals surface area contributed by atoms with Gasteiger partial charge in [-0.2, -0.15) is 0 Å². The van der Waals surface area contributed by atoms with Crippen LogP contribution in [0, 0.1) is 0 Å². The molecule has 0 aromatic heterocycles. The van der Waals surface area contributed by atoms with Crippen molar-refractivity contribution in [3.05, 3.63) is 114 Å². The Bertz CT molecular complexity index is 1130. The maximum absolute atomic E-state index is 6.45. The van der Waals surface area contributed by atoms with E-state index in [2.05, 4.69) is 97.1 Å². The van der Waals surface area contributed by atoms with E-state index in [-0.39, 0.29) is 11.5 Å². The van der Waals surface area contributed by atoms with Gasteiger partial charge in [0.15, 0.2) is 0 Å². The van der Waals surface area contributed by atoms with Crippen LogP contribution in [-0.4, -0.2) is 6.10 Å². The number of benzene rings is 4. The molecule has 0 unspecified atom stereocenters. The maximum Gasteiger partial charge on any atom is 0.123 e. The number of hydrogen-bond donors (Lipinski definition) is 0. The predicted molar refractivity (Wildman–Crippen MR) is 105 cm³/mol. The van der Waals surface area contributed by atoms with Crippen molar-refractivity contribution in [2.75, 3.05) is 0 Å². The first-order chi connectivity index (χ1) is 12.9. The average molecular weight is 334 g/mol. The molecule has 0 amide bonds. The molecule has 3 atom stereocenters. The molecule has 4 aromatic rings. The summed E-state index contributed by atoms with van der Waals surface area (Å²) in [4.78, 5) is 0. The summed E-state index contributed by atoms with van der Waals surface area (Å²) < 4.78 is 6.45. The first-order valence-electron chi connectivity index (χ1n) is 9.20. The highest BCUT2D eigenvalue weighted by molar-refractivity contribution is 5.89. The molecular formula is C25H18O. The molecule has 1 fully saturated rings. The molecule has 4 aromatic carbocycles. The van der Waals surface area contributed by atoms with Crippen molar-refractivity contribution < 1.29 is 4.74 Å². The van der Waals surface area contributed by atoms with Gasteiger partial charge in [-0.05, 0) is 28.0 Å². The normalized spacial score (nSPS) is 25.4. The van der Waals surface area contributed by atoms with Gasteiger partial charge in [0.1, 0.15) is 11.9 Å². The van der Waals surface area contributed by atoms with Crippen LogP contribution in [-0.2, 0) is 5.41 Å². The van der Waals surface area contributed by atoms with E-state index >= 15 is 0 Å². The Morgan fingerprint density at radius 3 is 2.31 bits per heavy atom. The lowest BCUT2D eigenvalue weighted by molar-refractivity contribution is 0.293. The lowest BCUT2D eigenvalue weighted by Crippen LogP contribution is -2.20. The number of para-hydroxylation sites is 1. The lowest BCUT2D eigenvalue weighted by atomic mass is 9.81. The number of fused-ring (bicyclic) bond motifs is 4. The number of rotatable bonds is 2. The third-order valence-corrected chi connectivity index (χ3v) is 6.13. The Balaban J connectivity index is 1.65. The SMILES string of the molecule is c1ccc([C@]2(c3cccc4ccccc34)[C@@H]3Oc4ccccc4[C@@H]32)cc1. The molecular weight excluding hydrogens is 316 g/mol. The fourth-order valence-electron chi connectivity index (χ4n) is 5.03. The molecule has 0 N–H and O–H groups in total. The summed E-state index contributed by atoms with van der Waals surface area (Å²) in [7, 11) is 0. The van der Waals surface area contributed by atoms with Crippen molar-refractivity contribution in [3.8, 4) is 5.75 Å². The Morgan fingerprint density at radius 1 is 0.654 bits per heavy atom. The van der Waals surface area contributed by atoms with Gasteiger partial charge in [0.2, 0.25) is 0 Å². The van der Waals surface area contributed by atoms with Crippen molar-refractivity contribution in [2.24, 2.45) is 0 Å². The van der Waals surface area contributed by atoms with Crippen LogP contribution < -0.4 is 4.74 Å². The smallest absolute Gasteiger partial charge is 0.123 e. The summed E-state index contributed by atoms with van der Waals surface area (Å²) in [6, 6.07) is 34.8. The van der Waals surface area contributed by atoms with E-state index < -0.39 is 0 Å². The van der Waals surface area contributed by atoms with Crippen LogP contribution in [0.5, 0.6) is 5.75 Å². The second-order valence-corrected chi connectivity index (χ2v) is 7.32. The topological polar surface area (TPSA) is 9.23 Å². The molecule has 1 aliphatic heterocycles. The number of hydrogen-bond acceptors (Lipinski definition) is 1. The second kappa shape index (κ2) is 4.98. The molecule has 1 aliphatic carbocycles. The second-order valence-electron chi connectivity index (χ2n) is 7.32. The van der Waals surface area contributed by atoms with Gasteiger partial charge >= 0.3 is 0 Å². The van der Waals surface area contributed by atoms with Crippen molar-refractivity contribution in [2.45, 2.75) is 17.4 Å². The van der Waals surface area contributed by atoms with Crippen LogP contribution in [0.1, 0.15) is 22.6 Å². The molecule has 2 aliphatic rings. The average Bonchev–Trinajstić information content (AvgIpc) is 3.20. The van der Waals surface area contributed by atoms with Gasteiger partial charge in [-0.1, -0.05) is 91.0 Å². The van der Waals surface area contributed by atoms with E-state index in [0.29, 0.717) is 5.92 Å². The van der Waals surface area contributed by atoms with E-state index in [9.17, 15) is 0 Å². The molecule has 1 heterocycles. The highest BCUT2D eigenvalue weighted by atomic mass is 16.5. The van der Waals surface area contributed by atoms with Crippen LogP contribution >= 0.6 is 0 Å². The third-order valence-electron chi connectivity index (χ3n) is 6.13. The van der Waals surface area contributed by atoms with Gasteiger partial charge in [0.05, 0.1) is 5.41 Å². The zero-order valence-electron chi connectivity index (χ0n) is 14.3. The van der Waals surface area contributed by atoms with E-state index in [0.717, 1.165) is 5.75 Å². The van der Waals surface area contributed by atoms with Crippen LogP contribution in [0.3, 0.4) is 0 Å². The van der Waals surface area contributed by atoms with E-state index in [1.165, 1.54) is 27.5 Å². The van der Waals surface area contributed by atoms with Gasteiger partial charge in [-0.15, -0.1) is 0 Å². The summed E-state index contributed by atoms with van der Waals surface area (Å²) in [5.41, 5.74) is 3.97. The molecule has 1 nitrogen and oxygen atoms in total. The number of ether oxygens (including phenoxy) is 1. The molecule has 0 bridgehead atoms. The predicted octanol–water partition coefficient (Wildman–Crippen LogP) is 5.68. The van der Waals surface area contributed by atoms with Crippen LogP contribution in [0.4, 0.5) is 0 Å². The third kappa shape index (κ3) is 1.65. The zero-order chi connectivity index (χ0) is 17.1. The highest BCUT2D eigenvalue weighted by Gasteiger charge is 2.72. The van der Waals surface area contributed by atoms with Crippen LogP contribution in [0.2, 0.25) is 0 Å². The molecule has 1 saturated carbocycles. The monoisotopic (exact) mass is 334 g/mol. The molecule has 6 rings (SSSR count). The molecule has 0 spiro atoms. The maximum atomic E-state index is 6.45. The molecule has 1 heteroatoms. The van der Waals surface area contributed by atoms with Gasteiger partial charge < -0.3 is 4.74 Å². The van der Waals surface area contributed by atoms with Crippen LogP contribution in [0.15, 0.2) is 97.1 Å². The zero-order valence-corrected chi connectivity index (χ0v) is 14.3. The minimum Gasteiger partial charge on any atom is -0.488 e. The standard InChI is InChI=1S/C25H18O/c1-2-11-18(12-3-1)25(21-15-8-10-17-9-4-5-13-19(17)21)23-20-14-6-7-16-22(20)26-24(23)25/h1-16,23-24H/t23-,24+,25+/m0/s1.